The second-order valence-corrected chi connectivity index (χ2v) is 5.39. The summed E-state index contributed by atoms with van der Waals surface area (Å²) in [6.07, 6.45) is 1.92. The van der Waals surface area contributed by atoms with E-state index in [-0.39, 0.29) is 11.6 Å². The lowest BCUT2D eigenvalue weighted by Gasteiger charge is -2.19. The molecule has 2 rings (SSSR count). The zero-order valence-electron chi connectivity index (χ0n) is 11.3. The van der Waals surface area contributed by atoms with Gasteiger partial charge >= 0.3 is 0 Å². The van der Waals surface area contributed by atoms with Gasteiger partial charge in [0.1, 0.15) is 17.4 Å². The summed E-state index contributed by atoms with van der Waals surface area (Å²) in [6.45, 7) is 7.09. The van der Waals surface area contributed by atoms with Crippen LogP contribution in [0.5, 0.6) is 5.75 Å². The van der Waals surface area contributed by atoms with Crippen LogP contribution in [0.15, 0.2) is 18.2 Å². The Hall–Kier alpha value is -1.53. The molecule has 0 saturated carbocycles. The van der Waals surface area contributed by atoms with Crippen molar-refractivity contribution in [3.63, 3.8) is 0 Å². The molecule has 1 unspecified atom stereocenters. The van der Waals surface area contributed by atoms with E-state index in [0.29, 0.717) is 0 Å². The van der Waals surface area contributed by atoms with Gasteiger partial charge in [0, 0.05) is 12.0 Å². The lowest BCUT2D eigenvalue weighted by Crippen LogP contribution is -2.26. The van der Waals surface area contributed by atoms with Gasteiger partial charge in [-0.3, -0.25) is 5.32 Å². The molecule has 96 valence electrons. The minimum atomic E-state index is -0.284. The summed E-state index contributed by atoms with van der Waals surface area (Å²) in [6, 6.07) is 8.11. The first-order valence-corrected chi connectivity index (χ1v) is 6.51. The van der Waals surface area contributed by atoms with Crippen LogP contribution in [-0.2, 0) is 6.42 Å². The van der Waals surface area contributed by atoms with Gasteiger partial charge in [-0.2, -0.15) is 5.26 Å². The maximum atomic E-state index is 9.30. The molecule has 0 radical (unpaired) electrons. The van der Waals surface area contributed by atoms with Crippen molar-refractivity contribution < 1.29 is 4.74 Å². The second kappa shape index (κ2) is 4.99. The van der Waals surface area contributed by atoms with Crippen molar-refractivity contribution in [2.45, 2.75) is 45.3 Å². The molecule has 0 aliphatic carbocycles. The number of ether oxygens (including phenoxy) is 1. The molecule has 3 nitrogen and oxygen atoms in total. The van der Waals surface area contributed by atoms with Crippen LogP contribution in [0.4, 0.5) is 0 Å². The van der Waals surface area contributed by atoms with Crippen molar-refractivity contribution in [2.24, 2.45) is 0 Å². The lowest BCUT2D eigenvalue weighted by molar-refractivity contribution is 0.137. The number of fused-ring (bicyclic) bond motifs is 1. The summed E-state index contributed by atoms with van der Waals surface area (Å²) in [7, 11) is 0. The predicted octanol–water partition coefficient (Wildman–Crippen LogP) is 2.96. The van der Waals surface area contributed by atoms with Gasteiger partial charge in [0.05, 0.1) is 6.07 Å². The normalized spacial score (nSPS) is 17.7. The molecule has 1 heterocycles. The third-order valence-corrected chi connectivity index (χ3v) is 3.16. The molecule has 0 saturated heterocycles. The lowest BCUT2D eigenvalue weighted by atomic mass is 9.98. The number of nitrogens with one attached hydrogen (secondary N) is 1. The average Bonchev–Trinajstić information content (AvgIpc) is 2.64. The van der Waals surface area contributed by atoms with E-state index in [1.54, 1.807) is 0 Å². The Bertz CT molecular complexity index is 474. The van der Waals surface area contributed by atoms with E-state index >= 15 is 0 Å². The monoisotopic (exact) mass is 244 g/mol. The minimum absolute atomic E-state index is 0.163. The zero-order valence-corrected chi connectivity index (χ0v) is 11.3. The topological polar surface area (TPSA) is 45.0 Å². The van der Waals surface area contributed by atoms with Gasteiger partial charge in [-0.05, 0) is 32.4 Å². The number of nitrogens with zero attached hydrogens (tertiary/aromatic N) is 1. The smallest absolute Gasteiger partial charge is 0.129 e. The van der Waals surface area contributed by atoms with Crippen LogP contribution in [0.25, 0.3) is 0 Å². The van der Waals surface area contributed by atoms with Crippen LogP contribution >= 0.6 is 0 Å². The number of hydrogen-bond donors (Lipinski definition) is 1. The first-order chi connectivity index (χ1) is 8.57. The number of nitriles is 1. The third-order valence-electron chi connectivity index (χ3n) is 3.16. The van der Waals surface area contributed by atoms with Crippen molar-refractivity contribution in [3.05, 3.63) is 29.3 Å². The molecule has 0 bridgehead atoms. The number of para-hydroxylation sites is 1. The average molecular weight is 244 g/mol. The number of hydrogen-bond acceptors (Lipinski definition) is 3. The Morgan fingerprint density at radius 3 is 2.94 bits per heavy atom. The van der Waals surface area contributed by atoms with Gasteiger partial charge in [-0.1, -0.05) is 25.1 Å². The van der Waals surface area contributed by atoms with Crippen LogP contribution in [0.1, 0.15) is 44.4 Å². The van der Waals surface area contributed by atoms with Gasteiger partial charge in [-0.15, -0.1) is 0 Å². The fourth-order valence-corrected chi connectivity index (χ4v) is 2.38. The molecule has 1 atom stereocenters. The van der Waals surface area contributed by atoms with Crippen LogP contribution in [0.2, 0.25) is 0 Å². The molecule has 0 amide bonds. The van der Waals surface area contributed by atoms with Crippen molar-refractivity contribution in [1.29, 1.82) is 5.26 Å². The number of rotatable bonds is 4. The summed E-state index contributed by atoms with van der Waals surface area (Å²) in [5.74, 6) is 0.901. The molecule has 1 aliphatic rings. The molecular formula is C15H20N2O. The first kappa shape index (κ1) is 12.9. The van der Waals surface area contributed by atoms with Gasteiger partial charge in [0.2, 0.25) is 0 Å². The first-order valence-electron chi connectivity index (χ1n) is 6.51. The molecular weight excluding hydrogens is 224 g/mol. The van der Waals surface area contributed by atoms with Gasteiger partial charge in [0.25, 0.3) is 0 Å². The van der Waals surface area contributed by atoms with E-state index in [1.807, 2.05) is 12.1 Å². The van der Waals surface area contributed by atoms with Gasteiger partial charge in [-0.25, -0.2) is 0 Å². The minimum Gasteiger partial charge on any atom is -0.487 e. The maximum Gasteiger partial charge on any atom is 0.129 e. The van der Waals surface area contributed by atoms with Crippen LogP contribution in [-0.4, -0.2) is 12.1 Å². The second-order valence-electron chi connectivity index (χ2n) is 5.39. The van der Waals surface area contributed by atoms with Gasteiger partial charge in [0.15, 0.2) is 0 Å². The standard InChI is InChI=1S/C15H20N2O/c1-4-8-17-13(10-16)12-7-5-6-11-9-15(2,3)18-14(11)12/h5-7,13,17H,4,8-9H2,1-3H3. The fraction of sp³-hybridized carbons (Fsp3) is 0.533. The molecule has 0 spiro atoms. The Kier molecular flexibility index (Phi) is 3.58. The fourth-order valence-electron chi connectivity index (χ4n) is 2.38. The van der Waals surface area contributed by atoms with Crippen LogP contribution < -0.4 is 10.1 Å². The van der Waals surface area contributed by atoms with E-state index < -0.39 is 0 Å². The van der Waals surface area contributed by atoms with Gasteiger partial charge < -0.3 is 4.74 Å². The van der Waals surface area contributed by atoms with Crippen molar-refractivity contribution in [1.82, 2.24) is 5.32 Å². The molecule has 0 aromatic heterocycles. The van der Waals surface area contributed by atoms with Crippen LogP contribution in [0.3, 0.4) is 0 Å². The van der Waals surface area contributed by atoms with E-state index in [1.165, 1.54) is 5.56 Å². The van der Waals surface area contributed by atoms with E-state index in [9.17, 15) is 5.26 Å². The Labute approximate surface area is 109 Å². The highest BCUT2D eigenvalue weighted by Gasteiger charge is 2.33. The van der Waals surface area contributed by atoms with Crippen molar-refractivity contribution >= 4 is 0 Å². The van der Waals surface area contributed by atoms with E-state index in [0.717, 1.165) is 30.7 Å². The molecule has 3 heteroatoms. The Balaban J connectivity index is 2.31. The summed E-state index contributed by atoms with van der Waals surface area (Å²) >= 11 is 0. The van der Waals surface area contributed by atoms with E-state index in [4.69, 9.17) is 4.74 Å². The summed E-state index contributed by atoms with van der Waals surface area (Å²) in [4.78, 5) is 0. The van der Waals surface area contributed by atoms with Crippen LogP contribution in [0, 0.1) is 11.3 Å². The van der Waals surface area contributed by atoms with Crippen molar-refractivity contribution in [2.75, 3.05) is 6.54 Å². The number of benzene rings is 1. The summed E-state index contributed by atoms with van der Waals surface area (Å²) < 4.78 is 6.00. The molecule has 1 N–H and O–H groups in total. The molecule has 1 aromatic carbocycles. The summed E-state index contributed by atoms with van der Waals surface area (Å²) in [5, 5.41) is 12.6. The summed E-state index contributed by atoms with van der Waals surface area (Å²) in [5.41, 5.74) is 2.01. The molecule has 18 heavy (non-hydrogen) atoms. The molecule has 1 aromatic rings. The highest BCUT2D eigenvalue weighted by molar-refractivity contribution is 5.48. The largest absolute Gasteiger partial charge is 0.487 e. The Morgan fingerprint density at radius 2 is 2.28 bits per heavy atom. The highest BCUT2D eigenvalue weighted by Crippen LogP contribution is 2.39. The molecule has 0 fully saturated rings. The van der Waals surface area contributed by atoms with Crippen molar-refractivity contribution in [3.8, 4) is 11.8 Å². The molecule has 1 aliphatic heterocycles. The van der Waals surface area contributed by atoms with E-state index in [2.05, 4.69) is 38.2 Å². The maximum absolute atomic E-state index is 9.30. The highest BCUT2D eigenvalue weighted by atomic mass is 16.5. The third kappa shape index (κ3) is 2.49. The predicted molar refractivity (Wildman–Crippen MR) is 71.5 cm³/mol. The quantitative estimate of drug-likeness (QED) is 0.885. The Morgan fingerprint density at radius 1 is 1.50 bits per heavy atom. The SMILES string of the molecule is CCCNC(C#N)c1cccc2c1OC(C)(C)C2. The zero-order chi connectivity index (χ0) is 13.2.